The Bertz CT molecular complexity index is 440. The molecule has 1 aromatic heterocycles. The fraction of sp³-hybridized carbons (Fsp3) is 0.200. The summed E-state index contributed by atoms with van der Waals surface area (Å²) in [6.07, 6.45) is 4.94. The van der Waals surface area contributed by atoms with Gasteiger partial charge < -0.3 is 0 Å². The summed E-state index contributed by atoms with van der Waals surface area (Å²) in [6, 6.07) is 3.34. The number of rotatable bonds is 2. The van der Waals surface area contributed by atoms with E-state index in [9.17, 15) is 4.79 Å². The second kappa shape index (κ2) is 4.52. The van der Waals surface area contributed by atoms with Crippen LogP contribution in [0.5, 0.6) is 0 Å². The Balaban J connectivity index is 2.07. The first-order valence-corrected chi connectivity index (χ1v) is 4.80. The SMILES string of the molecule is CC1=NNC(=O)N(/N=C\c2cccnc2)C1. The van der Waals surface area contributed by atoms with E-state index >= 15 is 0 Å². The highest BCUT2D eigenvalue weighted by Crippen LogP contribution is 1.99. The van der Waals surface area contributed by atoms with Crippen molar-refractivity contribution in [2.45, 2.75) is 6.92 Å². The van der Waals surface area contributed by atoms with E-state index in [-0.39, 0.29) is 6.03 Å². The molecule has 1 N–H and O–H groups in total. The number of nitrogens with one attached hydrogen (secondary N) is 1. The van der Waals surface area contributed by atoms with Crippen LogP contribution in [0.1, 0.15) is 12.5 Å². The van der Waals surface area contributed by atoms with Gasteiger partial charge in [-0.2, -0.15) is 10.2 Å². The van der Waals surface area contributed by atoms with Crippen molar-refractivity contribution in [3.05, 3.63) is 30.1 Å². The molecule has 0 spiro atoms. The third-order valence-corrected chi connectivity index (χ3v) is 1.99. The third-order valence-electron chi connectivity index (χ3n) is 1.99. The van der Waals surface area contributed by atoms with Crippen LogP contribution in [-0.4, -0.2) is 34.5 Å². The predicted molar refractivity (Wildman–Crippen MR) is 60.2 cm³/mol. The highest BCUT2D eigenvalue weighted by molar-refractivity contribution is 5.92. The first-order chi connectivity index (χ1) is 7.75. The smallest absolute Gasteiger partial charge is 0.264 e. The van der Waals surface area contributed by atoms with E-state index in [2.05, 4.69) is 20.6 Å². The maximum Gasteiger partial charge on any atom is 0.358 e. The molecule has 0 fully saturated rings. The standard InChI is InChI=1S/C10H11N5O/c1-8-7-15(10(16)14-13-8)12-6-9-3-2-4-11-5-9/h2-6H,7H2,1H3,(H,14,16)/b12-6-. The number of nitrogens with zero attached hydrogens (tertiary/aromatic N) is 4. The van der Waals surface area contributed by atoms with Crippen LogP contribution in [0.25, 0.3) is 0 Å². The van der Waals surface area contributed by atoms with Crippen molar-refractivity contribution in [2.75, 3.05) is 6.54 Å². The number of urea groups is 1. The highest BCUT2D eigenvalue weighted by Gasteiger charge is 2.16. The van der Waals surface area contributed by atoms with Gasteiger partial charge in [0.2, 0.25) is 0 Å². The molecule has 0 radical (unpaired) electrons. The zero-order valence-corrected chi connectivity index (χ0v) is 8.79. The van der Waals surface area contributed by atoms with Crippen molar-refractivity contribution in [1.29, 1.82) is 0 Å². The van der Waals surface area contributed by atoms with E-state index in [1.54, 1.807) is 18.6 Å². The summed E-state index contributed by atoms with van der Waals surface area (Å²) < 4.78 is 0. The van der Waals surface area contributed by atoms with Crippen LogP contribution in [0.3, 0.4) is 0 Å². The van der Waals surface area contributed by atoms with Crippen LogP contribution in [0.4, 0.5) is 4.79 Å². The quantitative estimate of drug-likeness (QED) is 0.745. The fourth-order valence-corrected chi connectivity index (χ4v) is 1.21. The van der Waals surface area contributed by atoms with Crippen LogP contribution in [0, 0.1) is 0 Å². The van der Waals surface area contributed by atoms with Gasteiger partial charge in [0, 0.05) is 18.0 Å². The predicted octanol–water partition coefficient (Wildman–Crippen LogP) is 0.817. The molecule has 0 aromatic carbocycles. The Morgan fingerprint density at radius 3 is 3.25 bits per heavy atom. The highest BCUT2D eigenvalue weighted by atomic mass is 16.2. The number of aromatic nitrogens is 1. The number of hydrogen-bond donors (Lipinski definition) is 1. The van der Waals surface area contributed by atoms with Crippen LogP contribution < -0.4 is 5.43 Å². The van der Waals surface area contributed by atoms with Crippen molar-refractivity contribution >= 4 is 18.0 Å². The summed E-state index contributed by atoms with van der Waals surface area (Å²) in [4.78, 5) is 15.3. The average molecular weight is 217 g/mol. The van der Waals surface area contributed by atoms with Crippen LogP contribution in [0.15, 0.2) is 34.7 Å². The number of hydrogen-bond acceptors (Lipinski definition) is 4. The second-order valence-corrected chi connectivity index (χ2v) is 3.35. The van der Waals surface area contributed by atoms with Gasteiger partial charge in [-0.25, -0.2) is 15.2 Å². The van der Waals surface area contributed by atoms with Crippen LogP contribution in [-0.2, 0) is 0 Å². The fourth-order valence-electron chi connectivity index (χ4n) is 1.21. The average Bonchev–Trinajstić information content (AvgIpc) is 2.32. The lowest BCUT2D eigenvalue weighted by atomic mass is 10.3. The Morgan fingerprint density at radius 1 is 1.62 bits per heavy atom. The summed E-state index contributed by atoms with van der Waals surface area (Å²) >= 11 is 0. The lowest BCUT2D eigenvalue weighted by Gasteiger charge is -2.20. The molecule has 1 aliphatic rings. The molecule has 6 heteroatoms. The van der Waals surface area contributed by atoms with E-state index in [0.29, 0.717) is 6.54 Å². The minimum atomic E-state index is -0.328. The number of pyridine rings is 1. The van der Waals surface area contributed by atoms with Crippen LogP contribution >= 0.6 is 0 Å². The first kappa shape index (κ1) is 10.3. The second-order valence-electron chi connectivity index (χ2n) is 3.35. The number of carbonyl (C=O) groups is 1. The van der Waals surface area contributed by atoms with Gasteiger partial charge in [-0.05, 0) is 13.0 Å². The normalized spacial score (nSPS) is 16.2. The van der Waals surface area contributed by atoms with Crippen molar-refractivity contribution in [1.82, 2.24) is 15.4 Å². The molecule has 0 atom stereocenters. The molecule has 16 heavy (non-hydrogen) atoms. The molecule has 6 nitrogen and oxygen atoms in total. The first-order valence-electron chi connectivity index (χ1n) is 4.80. The van der Waals surface area contributed by atoms with Gasteiger partial charge in [0.15, 0.2) is 0 Å². The van der Waals surface area contributed by atoms with Crippen LogP contribution in [0.2, 0.25) is 0 Å². The Morgan fingerprint density at radius 2 is 2.50 bits per heavy atom. The van der Waals surface area contributed by atoms with Gasteiger partial charge in [0.05, 0.1) is 18.5 Å². The molecule has 2 rings (SSSR count). The third kappa shape index (κ3) is 2.41. The summed E-state index contributed by atoms with van der Waals surface area (Å²) in [5.41, 5.74) is 4.02. The van der Waals surface area contributed by atoms with Gasteiger partial charge in [-0.3, -0.25) is 4.98 Å². The van der Waals surface area contributed by atoms with Gasteiger partial charge in [-0.15, -0.1) is 0 Å². The molecule has 0 saturated heterocycles. The monoisotopic (exact) mass is 217 g/mol. The molecule has 0 bridgehead atoms. The summed E-state index contributed by atoms with van der Waals surface area (Å²) in [5, 5.41) is 9.18. The van der Waals surface area contributed by atoms with E-state index in [1.165, 1.54) is 5.01 Å². The molecular weight excluding hydrogens is 206 g/mol. The zero-order valence-electron chi connectivity index (χ0n) is 8.79. The maximum atomic E-state index is 11.3. The summed E-state index contributed by atoms with van der Waals surface area (Å²) in [5.74, 6) is 0. The topological polar surface area (TPSA) is 70.0 Å². The molecule has 0 unspecified atom stereocenters. The maximum absolute atomic E-state index is 11.3. The van der Waals surface area contributed by atoms with Gasteiger partial charge in [0.25, 0.3) is 0 Å². The summed E-state index contributed by atoms with van der Waals surface area (Å²) in [7, 11) is 0. The summed E-state index contributed by atoms with van der Waals surface area (Å²) in [6.45, 7) is 2.23. The number of amides is 2. The number of hydrazone groups is 2. The lowest BCUT2D eigenvalue weighted by Crippen LogP contribution is -2.42. The van der Waals surface area contributed by atoms with E-state index in [0.717, 1.165) is 11.3 Å². The lowest BCUT2D eigenvalue weighted by molar-refractivity contribution is 0.204. The van der Waals surface area contributed by atoms with E-state index < -0.39 is 0 Å². The van der Waals surface area contributed by atoms with E-state index in [1.807, 2.05) is 19.1 Å². The van der Waals surface area contributed by atoms with E-state index in [4.69, 9.17) is 0 Å². The molecule has 82 valence electrons. The van der Waals surface area contributed by atoms with Crippen molar-refractivity contribution in [2.24, 2.45) is 10.2 Å². The van der Waals surface area contributed by atoms with Gasteiger partial charge in [0.1, 0.15) is 0 Å². The number of carbonyl (C=O) groups excluding carboxylic acids is 1. The van der Waals surface area contributed by atoms with Gasteiger partial charge in [-0.1, -0.05) is 6.07 Å². The molecule has 0 aliphatic carbocycles. The molecule has 1 aliphatic heterocycles. The Hall–Kier alpha value is -2.24. The Labute approximate surface area is 92.7 Å². The minimum Gasteiger partial charge on any atom is -0.264 e. The molecule has 2 amide bonds. The van der Waals surface area contributed by atoms with Crippen molar-refractivity contribution < 1.29 is 4.79 Å². The molecule has 2 heterocycles. The Kier molecular flexibility index (Phi) is 2.90. The molecular formula is C10H11N5O. The van der Waals surface area contributed by atoms with Gasteiger partial charge >= 0.3 is 6.03 Å². The minimum absolute atomic E-state index is 0.328. The largest absolute Gasteiger partial charge is 0.358 e. The van der Waals surface area contributed by atoms with Crippen molar-refractivity contribution in [3.8, 4) is 0 Å². The molecule has 0 saturated carbocycles. The zero-order chi connectivity index (χ0) is 11.4. The molecule has 1 aromatic rings. The van der Waals surface area contributed by atoms with Crippen molar-refractivity contribution in [3.63, 3.8) is 0 Å².